The Morgan fingerprint density at radius 1 is 1.19 bits per heavy atom. The molecule has 4 heteroatoms. The van der Waals surface area contributed by atoms with E-state index in [1.807, 2.05) is 13.8 Å². The Morgan fingerprint density at radius 3 is 2.59 bits per heavy atom. The summed E-state index contributed by atoms with van der Waals surface area (Å²) < 4.78 is 10.7. The van der Waals surface area contributed by atoms with Crippen LogP contribution in [0.1, 0.15) is 57.8 Å². The second-order valence-corrected chi connectivity index (χ2v) is 8.83. The van der Waals surface area contributed by atoms with Crippen LogP contribution in [0.4, 0.5) is 0 Å². The SMILES string of the molecule is CC1C=CCC(C)(C)C1C(=O)CC(C)C(C)C(=O)c1ccc2c(c1)OCO2. The zero-order chi connectivity index (χ0) is 19.8. The lowest BCUT2D eigenvalue weighted by atomic mass is 9.64. The molecule has 0 fully saturated rings. The normalized spacial score (nSPS) is 25.1. The minimum absolute atomic E-state index is 0.00988. The highest BCUT2D eigenvalue weighted by Crippen LogP contribution is 2.42. The van der Waals surface area contributed by atoms with Crippen LogP contribution in [0.3, 0.4) is 0 Å². The quantitative estimate of drug-likeness (QED) is 0.518. The van der Waals surface area contributed by atoms with Gasteiger partial charge in [-0.3, -0.25) is 9.59 Å². The average Bonchev–Trinajstić information content (AvgIpc) is 3.07. The van der Waals surface area contributed by atoms with Crippen molar-refractivity contribution in [2.24, 2.45) is 29.1 Å². The second-order valence-electron chi connectivity index (χ2n) is 8.83. The van der Waals surface area contributed by atoms with E-state index in [0.29, 0.717) is 23.5 Å². The van der Waals surface area contributed by atoms with Crippen molar-refractivity contribution in [1.82, 2.24) is 0 Å². The number of hydrogen-bond acceptors (Lipinski definition) is 4. The van der Waals surface area contributed by atoms with Gasteiger partial charge in [0.1, 0.15) is 5.78 Å². The van der Waals surface area contributed by atoms with Crippen molar-refractivity contribution in [3.63, 3.8) is 0 Å². The third kappa shape index (κ3) is 3.95. The van der Waals surface area contributed by atoms with E-state index in [0.717, 1.165) is 6.42 Å². The van der Waals surface area contributed by atoms with Crippen LogP contribution in [-0.2, 0) is 4.79 Å². The fourth-order valence-electron chi connectivity index (χ4n) is 4.46. The van der Waals surface area contributed by atoms with Gasteiger partial charge in [-0.25, -0.2) is 0 Å². The zero-order valence-corrected chi connectivity index (χ0v) is 17.0. The highest BCUT2D eigenvalue weighted by molar-refractivity contribution is 5.98. The van der Waals surface area contributed by atoms with Gasteiger partial charge in [0.15, 0.2) is 17.3 Å². The van der Waals surface area contributed by atoms with Gasteiger partial charge in [0.2, 0.25) is 6.79 Å². The molecule has 27 heavy (non-hydrogen) atoms. The van der Waals surface area contributed by atoms with E-state index in [9.17, 15) is 9.59 Å². The molecule has 1 aliphatic heterocycles. The van der Waals surface area contributed by atoms with E-state index in [2.05, 4.69) is 32.9 Å². The first kappa shape index (κ1) is 19.7. The molecule has 0 saturated carbocycles. The summed E-state index contributed by atoms with van der Waals surface area (Å²) in [5, 5.41) is 0. The number of fused-ring (bicyclic) bond motifs is 1. The number of allylic oxidation sites excluding steroid dienone is 2. The van der Waals surface area contributed by atoms with Crippen LogP contribution in [0.25, 0.3) is 0 Å². The van der Waals surface area contributed by atoms with Gasteiger partial charge in [0, 0.05) is 23.8 Å². The van der Waals surface area contributed by atoms with Crippen molar-refractivity contribution < 1.29 is 19.1 Å². The molecular weight excluding hydrogens is 340 g/mol. The molecule has 0 saturated heterocycles. The summed E-state index contributed by atoms with van der Waals surface area (Å²) in [6, 6.07) is 5.29. The van der Waals surface area contributed by atoms with Gasteiger partial charge in [0.25, 0.3) is 0 Å². The van der Waals surface area contributed by atoms with Crippen molar-refractivity contribution in [2.75, 3.05) is 6.79 Å². The van der Waals surface area contributed by atoms with Crippen LogP contribution in [0.2, 0.25) is 0 Å². The van der Waals surface area contributed by atoms with Crippen LogP contribution in [0, 0.1) is 29.1 Å². The van der Waals surface area contributed by atoms with E-state index >= 15 is 0 Å². The number of carbonyl (C=O) groups excluding carboxylic acids is 2. The summed E-state index contributed by atoms with van der Waals surface area (Å²) in [6.45, 7) is 10.6. The van der Waals surface area contributed by atoms with E-state index in [-0.39, 0.29) is 47.4 Å². The fourth-order valence-corrected chi connectivity index (χ4v) is 4.46. The summed E-state index contributed by atoms with van der Waals surface area (Å²) in [7, 11) is 0. The van der Waals surface area contributed by atoms with E-state index in [4.69, 9.17) is 9.47 Å². The molecule has 0 amide bonds. The molecule has 3 rings (SSSR count). The van der Waals surface area contributed by atoms with Gasteiger partial charge in [-0.05, 0) is 41.9 Å². The van der Waals surface area contributed by atoms with Crippen molar-refractivity contribution >= 4 is 11.6 Å². The minimum atomic E-state index is -0.230. The highest BCUT2D eigenvalue weighted by atomic mass is 16.7. The Hall–Kier alpha value is -2.10. The molecule has 1 aromatic carbocycles. The molecule has 0 N–H and O–H groups in total. The van der Waals surface area contributed by atoms with E-state index < -0.39 is 0 Å². The summed E-state index contributed by atoms with van der Waals surface area (Å²) >= 11 is 0. The molecule has 0 radical (unpaired) electrons. The molecule has 1 aliphatic carbocycles. The van der Waals surface area contributed by atoms with E-state index in [1.165, 1.54) is 0 Å². The predicted octanol–water partition coefficient (Wildman–Crippen LogP) is 5.07. The van der Waals surface area contributed by atoms with Gasteiger partial charge in [0.05, 0.1) is 0 Å². The maximum absolute atomic E-state index is 13.1. The van der Waals surface area contributed by atoms with Crippen LogP contribution in [0.15, 0.2) is 30.4 Å². The van der Waals surface area contributed by atoms with Gasteiger partial charge in [-0.1, -0.05) is 46.8 Å². The molecule has 2 aliphatic rings. The van der Waals surface area contributed by atoms with Crippen molar-refractivity contribution in [1.29, 1.82) is 0 Å². The fraction of sp³-hybridized carbons (Fsp3) is 0.565. The summed E-state index contributed by atoms with van der Waals surface area (Å²) in [5.41, 5.74) is 0.579. The number of ether oxygens (including phenoxy) is 2. The maximum atomic E-state index is 13.1. The molecule has 0 aromatic heterocycles. The number of Topliss-reactive ketones (excluding diaryl/α,β-unsaturated/α-hetero) is 2. The molecule has 0 spiro atoms. The first-order chi connectivity index (χ1) is 12.7. The molecule has 4 atom stereocenters. The standard InChI is InChI=1S/C23H30O4/c1-14-7-6-10-23(4,5)21(14)18(24)11-15(2)16(3)22(25)17-8-9-19-20(12-17)27-13-26-19/h6-9,12,14-16,21H,10-11,13H2,1-5H3. The van der Waals surface area contributed by atoms with Crippen LogP contribution >= 0.6 is 0 Å². The first-order valence-corrected chi connectivity index (χ1v) is 9.84. The van der Waals surface area contributed by atoms with Crippen molar-refractivity contribution in [2.45, 2.75) is 47.5 Å². The summed E-state index contributed by atoms with van der Waals surface area (Å²) in [4.78, 5) is 26.0. The molecular formula is C23H30O4. The largest absolute Gasteiger partial charge is 0.454 e. The van der Waals surface area contributed by atoms with Gasteiger partial charge in [-0.15, -0.1) is 0 Å². The lowest BCUT2D eigenvalue weighted by Gasteiger charge is -2.39. The minimum Gasteiger partial charge on any atom is -0.454 e. The van der Waals surface area contributed by atoms with Gasteiger partial charge < -0.3 is 9.47 Å². The van der Waals surface area contributed by atoms with Crippen LogP contribution < -0.4 is 9.47 Å². The van der Waals surface area contributed by atoms with Gasteiger partial charge in [-0.2, -0.15) is 0 Å². The number of carbonyl (C=O) groups is 2. The first-order valence-electron chi connectivity index (χ1n) is 9.84. The van der Waals surface area contributed by atoms with Crippen LogP contribution in [-0.4, -0.2) is 18.4 Å². The zero-order valence-electron chi connectivity index (χ0n) is 17.0. The lowest BCUT2D eigenvalue weighted by molar-refractivity contribution is -0.129. The Balaban J connectivity index is 1.68. The predicted molar refractivity (Wildman–Crippen MR) is 105 cm³/mol. The molecule has 4 nitrogen and oxygen atoms in total. The van der Waals surface area contributed by atoms with Crippen LogP contribution in [0.5, 0.6) is 11.5 Å². The molecule has 1 aromatic rings. The molecule has 0 bridgehead atoms. The third-order valence-electron chi connectivity index (χ3n) is 6.25. The number of ketones is 2. The van der Waals surface area contributed by atoms with Crippen molar-refractivity contribution in [3.05, 3.63) is 35.9 Å². The third-order valence-corrected chi connectivity index (χ3v) is 6.25. The van der Waals surface area contributed by atoms with Crippen molar-refractivity contribution in [3.8, 4) is 11.5 Å². The Bertz CT molecular complexity index is 762. The average molecular weight is 370 g/mol. The molecule has 1 heterocycles. The Labute approximate surface area is 161 Å². The number of hydrogen-bond donors (Lipinski definition) is 0. The smallest absolute Gasteiger partial charge is 0.231 e. The summed E-state index contributed by atoms with van der Waals surface area (Å²) in [6.07, 6.45) is 5.70. The summed E-state index contributed by atoms with van der Waals surface area (Å²) in [5.74, 6) is 1.62. The second kappa shape index (κ2) is 7.49. The molecule has 146 valence electrons. The monoisotopic (exact) mass is 370 g/mol. The Kier molecular flexibility index (Phi) is 5.45. The molecule has 4 unspecified atom stereocenters. The number of benzene rings is 1. The lowest BCUT2D eigenvalue weighted by Crippen LogP contribution is -2.38. The Morgan fingerprint density at radius 2 is 1.89 bits per heavy atom. The van der Waals surface area contributed by atoms with Gasteiger partial charge >= 0.3 is 0 Å². The van der Waals surface area contributed by atoms with E-state index in [1.54, 1.807) is 18.2 Å². The maximum Gasteiger partial charge on any atom is 0.231 e. The number of rotatable bonds is 6. The highest BCUT2D eigenvalue weighted by Gasteiger charge is 2.40. The topological polar surface area (TPSA) is 52.6 Å².